The maximum Gasteiger partial charge on any atom is 0.255 e. The highest BCUT2D eigenvalue weighted by atomic mass is 79.9. The number of hydrogen-bond acceptors (Lipinski definition) is 5. The zero-order valence-electron chi connectivity index (χ0n) is 19.5. The molecule has 1 aliphatic heterocycles. The third-order valence-corrected chi connectivity index (χ3v) is 7.18. The van der Waals surface area contributed by atoms with Gasteiger partial charge in [0.1, 0.15) is 11.5 Å². The Hall–Kier alpha value is -2.22. The molecular weight excluding hydrogens is 484 g/mol. The van der Waals surface area contributed by atoms with Crippen LogP contribution < -0.4 is 5.32 Å². The Morgan fingerprint density at radius 3 is 2.61 bits per heavy atom. The fraction of sp³-hybridized carbons (Fsp3) is 0.462. The first-order valence-corrected chi connectivity index (χ1v) is 12.2. The molecule has 2 aromatic rings. The number of ketones is 1. The molecule has 2 aromatic carbocycles. The Balaban J connectivity index is 1.79. The van der Waals surface area contributed by atoms with Gasteiger partial charge < -0.3 is 20.4 Å². The summed E-state index contributed by atoms with van der Waals surface area (Å²) in [7, 11) is 1.92. The van der Waals surface area contributed by atoms with Gasteiger partial charge in [-0.15, -0.1) is 0 Å². The van der Waals surface area contributed by atoms with Crippen LogP contribution in [0.3, 0.4) is 0 Å². The molecule has 0 aromatic heterocycles. The number of rotatable bonds is 5. The van der Waals surface area contributed by atoms with Crippen LogP contribution in [0.1, 0.15) is 59.2 Å². The summed E-state index contributed by atoms with van der Waals surface area (Å²) in [6.07, 6.45) is 1.12. The molecule has 0 saturated carbocycles. The molecule has 1 heterocycles. The Morgan fingerprint density at radius 1 is 1.21 bits per heavy atom. The number of aryl methyl sites for hydroxylation is 1. The lowest BCUT2D eigenvalue weighted by Gasteiger charge is -2.31. The van der Waals surface area contributed by atoms with Gasteiger partial charge in [-0.1, -0.05) is 34.1 Å². The average molecular weight is 517 g/mol. The van der Waals surface area contributed by atoms with Gasteiger partial charge in [-0.2, -0.15) is 0 Å². The van der Waals surface area contributed by atoms with Crippen molar-refractivity contribution in [2.75, 3.05) is 20.1 Å². The standard InChI is InChI=1S/C26H33BrN2O4/c1-16-4-10-22(26(33)28-13-12-18-5-7-20(27)8-6-18)25(32)24(16)19-14-21(30)9-11-23(31)17(2)29(3)15-19/h4-8,10,17,19,23,31-32H,9,11-15H2,1-3H3,(H,28,33)/t17-,19?,23-/m1/s1. The van der Waals surface area contributed by atoms with E-state index in [0.717, 1.165) is 15.6 Å². The van der Waals surface area contributed by atoms with E-state index in [1.807, 2.05) is 56.1 Å². The molecule has 3 atom stereocenters. The lowest BCUT2D eigenvalue weighted by Crippen LogP contribution is -2.40. The van der Waals surface area contributed by atoms with E-state index in [4.69, 9.17) is 0 Å². The van der Waals surface area contributed by atoms with Gasteiger partial charge in [-0.3, -0.25) is 9.59 Å². The highest BCUT2D eigenvalue weighted by Gasteiger charge is 2.30. The highest BCUT2D eigenvalue weighted by molar-refractivity contribution is 9.10. The molecule has 33 heavy (non-hydrogen) atoms. The summed E-state index contributed by atoms with van der Waals surface area (Å²) in [5, 5.41) is 24.4. The quantitative estimate of drug-likeness (QED) is 0.559. The Kier molecular flexibility index (Phi) is 8.68. The third kappa shape index (κ3) is 6.43. The molecule has 1 saturated heterocycles. The molecule has 1 amide bonds. The van der Waals surface area contributed by atoms with Gasteiger partial charge in [0.25, 0.3) is 5.91 Å². The molecule has 0 spiro atoms. The Bertz CT molecular complexity index is 993. The number of hydrogen-bond donors (Lipinski definition) is 3. The first kappa shape index (κ1) is 25.4. The zero-order chi connectivity index (χ0) is 24.1. The van der Waals surface area contributed by atoms with Crippen molar-refractivity contribution in [2.24, 2.45) is 0 Å². The highest BCUT2D eigenvalue weighted by Crippen LogP contribution is 2.36. The van der Waals surface area contributed by atoms with Crippen molar-refractivity contribution < 1.29 is 19.8 Å². The van der Waals surface area contributed by atoms with E-state index >= 15 is 0 Å². The number of carbonyl (C=O) groups is 2. The number of Topliss-reactive ketones (excluding diaryl/α,β-unsaturated/α-hetero) is 1. The summed E-state index contributed by atoms with van der Waals surface area (Å²) >= 11 is 3.41. The summed E-state index contributed by atoms with van der Waals surface area (Å²) in [6.45, 7) is 4.79. The van der Waals surface area contributed by atoms with Crippen molar-refractivity contribution in [1.29, 1.82) is 0 Å². The number of phenolic OH excluding ortho intramolecular Hbond substituents is 1. The molecule has 3 N–H and O–H groups in total. The third-order valence-electron chi connectivity index (χ3n) is 6.65. The molecule has 0 aliphatic carbocycles. The summed E-state index contributed by atoms with van der Waals surface area (Å²) < 4.78 is 1.00. The molecule has 3 rings (SSSR count). The number of likely N-dealkylation sites (N-methyl/N-ethyl adjacent to an activating group) is 1. The zero-order valence-corrected chi connectivity index (χ0v) is 21.1. The molecule has 0 bridgehead atoms. The van der Waals surface area contributed by atoms with Crippen LogP contribution in [0, 0.1) is 6.92 Å². The molecule has 1 fully saturated rings. The number of amides is 1. The van der Waals surface area contributed by atoms with Gasteiger partial charge in [0.05, 0.1) is 11.7 Å². The van der Waals surface area contributed by atoms with Crippen molar-refractivity contribution in [1.82, 2.24) is 10.2 Å². The summed E-state index contributed by atoms with van der Waals surface area (Å²) in [5.41, 5.74) is 2.81. The number of aromatic hydroxyl groups is 1. The maximum absolute atomic E-state index is 12.9. The predicted molar refractivity (Wildman–Crippen MR) is 133 cm³/mol. The minimum Gasteiger partial charge on any atom is -0.507 e. The number of aliphatic hydroxyl groups excluding tert-OH is 1. The van der Waals surface area contributed by atoms with Gasteiger partial charge in [0, 0.05) is 47.9 Å². The molecule has 178 valence electrons. The lowest BCUT2D eigenvalue weighted by atomic mass is 9.87. The SMILES string of the molecule is Cc1ccc(C(=O)NCCc2ccc(Br)cc2)c(O)c1C1CC(=O)CC[C@@H](O)[C@@H](C)N(C)C1. The van der Waals surface area contributed by atoms with E-state index in [9.17, 15) is 19.8 Å². The van der Waals surface area contributed by atoms with Crippen molar-refractivity contribution in [3.8, 4) is 5.75 Å². The van der Waals surface area contributed by atoms with Crippen LogP contribution in [0.5, 0.6) is 5.75 Å². The van der Waals surface area contributed by atoms with E-state index < -0.39 is 6.10 Å². The van der Waals surface area contributed by atoms with Crippen LogP contribution in [0.15, 0.2) is 40.9 Å². The average Bonchev–Trinajstić information content (AvgIpc) is 2.81. The second-order valence-corrected chi connectivity index (χ2v) is 9.97. The minimum absolute atomic E-state index is 0.0599. The van der Waals surface area contributed by atoms with Crippen LogP contribution in [0.25, 0.3) is 0 Å². The number of carbonyl (C=O) groups excluding carboxylic acids is 2. The number of aliphatic hydroxyl groups is 1. The summed E-state index contributed by atoms with van der Waals surface area (Å²) in [6, 6.07) is 11.3. The first-order valence-electron chi connectivity index (χ1n) is 11.4. The molecular formula is C26H33BrN2O4. The number of benzene rings is 2. The summed E-state index contributed by atoms with van der Waals surface area (Å²) in [4.78, 5) is 27.5. The van der Waals surface area contributed by atoms with Gasteiger partial charge in [-0.05, 0) is 63.1 Å². The van der Waals surface area contributed by atoms with Gasteiger partial charge in [0.15, 0.2) is 0 Å². The largest absolute Gasteiger partial charge is 0.507 e. The second-order valence-electron chi connectivity index (χ2n) is 9.05. The molecule has 1 unspecified atom stereocenters. The second kappa shape index (κ2) is 11.3. The molecule has 0 radical (unpaired) electrons. The van der Waals surface area contributed by atoms with Crippen molar-refractivity contribution in [2.45, 2.75) is 57.6 Å². The van der Waals surface area contributed by atoms with Crippen LogP contribution in [-0.2, 0) is 11.2 Å². The molecule has 7 heteroatoms. The van der Waals surface area contributed by atoms with Crippen molar-refractivity contribution in [3.05, 3.63) is 63.1 Å². The Morgan fingerprint density at radius 2 is 1.91 bits per heavy atom. The molecule has 1 aliphatic rings. The van der Waals surface area contributed by atoms with Crippen LogP contribution in [0.2, 0.25) is 0 Å². The number of nitrogens with zero attached hydrogens (tertiary/aromatic N) is 1. The van der Waals surface area contributed by atoms with Crippen molar-refractivity contribution >= 4 is 27.6 Å². The minimum atomic E-state index is -0.574. The van der Waals surface area contributed by atoms with E-state index in [2.05, 4.69) is 21.2 Å². The van der Waals surface area contributed by atoms with Gasteiger partial charge >= 0.3 is 0 Å². The number of halogens is 1. The Labute approximate surface area is 204 Å². The lowest BCUT2D eigenvalue weighted by molar-refractivity contribution is -0.119. The van der Waals surface area contributed by atoms with Crippen LogP contribution in [-0.4, -0.2) is 59.1 Å². The van der Waals surface area contributed by atoms with E-state index in [1.54, 1.807) is 6.07 Å². The predicted octanol–water partition coefficient (Wildman–Crippen LogP) is 3.95. The number of phenols is 1. The molecule has 6 nitrogen and oxygen atoms in total. The monoisotopic (exact) mass is 516 g/mol. The maximum atomic E-state index is 12.9. The van der Waals surface area contributed by atoms with Crippen molar-refractivity contribution in [3.63, 3.8) is 0 Å². The smallest absolute Gasteiger partial charge is 0.255 e. The van der Waals surface area contributed by atoms with Crippen LogP contribution in [0.4, 0.5) is 0 Å². The fourth-order valence-corrected chi connectivity index (χ4v) is 4.73. The van der Waals surface area contributed by atoms with Gasteiger partial charge in [0.2, 0.25) is 0 Å². The van der Waals surface area contributed by atoms with E-state index in [0.29, 0.717) is 37.9 Å². The summed E-state index contributed by atoms with van der Waals surface area (Å²) in [5.74, 6) is -0.595. The van der Waals surface area contributed by atoms with Crippen LogP contribution >= 0.6 is 15.9 Å². The normalized spacial score (nSPS) is 22.3. The number of nitrogens with one attached hydrogen (secondary N) is 1. The first-order chi connectivity index (χ1) is 15.7. The topological polar surface area (TPSA) is 89.9 Å². The van der Waals surface area contributed by atoms with E-state index in [1.165, 1.54) is 0 Å². The fourth-order valence-electron chi connectivity index (χ4n) is 4.47. The van der Waals surface area contributed by atoms with E-state index in [-0.39, 0.29) is 41.4 Å². The van der Waals surface area contributed by atoms with Gasteiger partial charge in [-0.25, -0.2) is 0 Å².